The van der Waals surface area contributed by atoms with E-state index in [0.29, 0.717) is 0 Å². The molecule has 3 aliphatic carbocycles. The van der Waals surface area contributed by atoms with Gasteiger partial charge < -0.3 is 26.0 Å². The molecule has 0 saturated heterocycles. The lowest BCUT2D eigenvalue weighted by Crippen LogP contribution is -2.44. The van der Waals surface area contributed by atoms with Crippen molar-refractivity contribution in [1.82, 2.24) is 0 Å². The molecule has 1 aromatic rings. The zero-order chi connectivity index (χ0) is 24.6. The number of amides is 1. The number of aromatic hydroxyl groups is 1. The lowest BCUT2D eigenvalue weighted by Gasteiger charge is -2.41. The van der Waals surface area contributed by atoms with E-state index in [4.69, 9.17) is 5.73 Å². The largest absolute Gasteiger partial charge is 0.511 e. The summed E-state index contributed by atoms with van der Waals surface area (Å²) in [4.78, 5) is 38.7. The molecule has 4 rings (SSSR count). The third-order valence-electron chi connectivity index (χ3n) is 6.65. The molecule has 1 aromatic carbocycles. The Balaban J connectivity index is 1.95. The summed E-state index contributed by atoms with van der Waals surface area (Å²) in [6.45, 7) is 0. The maximum Gasteiger partial charge on any atom is 0.420 e. The molecule has 1 unspecified atom stereocenters. The van der Waals surface area contributed by atoms with E-state index in [-0.39, 0.29) is 36.1 Å². The van der Waals surface area contributed by atoms with Gasteiger partial charge >= 0.3 is 6.18 Å². The lowest BCUT2D eigenvalue weighted by molar-refractivity contribution is -0.138. The van der Waals surface area contributed by atoms with E-state index >= 15 is 0 Å². The number of fused-ring (bicyclic) bond motifs is 3. The zero-order valence-electron chi connectivity index (χ0n) is 17.7. The van der Waals surface area contributed by atoms with Crippen LogP contribution >= 0.6 is 0 Å². The molecule has 5 N–H and O–H groups in total. The number of primary amides is 1. The van der Waals surface area contributed by atoms with E-state index in [1.165, 1.54) is 19.0 Å². The number of aliphatic hydroxyl groups excluding tert-OH is 2. The van der Waals surface area contributed by atoms with Crippen LogP contribution in [0.15, 0.2) is 23.0 Å². The van der Waals surface area contributed by atoms with Crippen LogP contribution in [0.4, 0.5) is 18.9 Å². The Labute approximate surface area is 185 Å². The SMILES string of the molecule is CN(C)c1cc(C(F)(F)F)c(O)c2c1C[C@H]1C[C@H]3CC(=O)C(C(N)=O)=C(O)C3C(=O)C1=C2O. The number of ketones is 2. The van der Waals surface area contributed by atoms with Crippen LogP contribution in [0.5, 0.6) is 5.75 Å². The van der Waals surface area contributed by atoms with Crippen LogP contribution in [-0.2, 0) is 27.0 Å². The van der Waals surface area contributed by atoms with Gasteiger partial charge in [-0.25, -0.2) is 0 Å². The maximum atomic E-state index is 13.6. The van der Waals surface area contributed by atoms with Gasteiger partial charge in [-0.15, -0.1) is 0 Å². The van der Waals surface area contributed by atoms with Gasteiger partial charge in [0, 0.05) is 31.8 Å². The molecule has 176 valence electrons. The topological polar surface area (TPSA) is 141 Å². The Bertz CT molecular complexity index is 1180. The number of allylic oxidation sites excluding steroid dienone is 2. The number of aliphatic hydroxyl groups is 2. The number of alkyl halides is 3. The van der Waals surface area contributed by atoms with Gasteiger partial charge in [-0.1, -0.05) is 0 Å². The van der Waals surface area contributed by atoms with Gasteiger partial charge in [0.1, 0.15) is 28.4 Å². The van der Waals surface area contributed by atoms with Crippen LogP contribution in [0, 0.1) is 17.8 Å². The van der Waals surface area contributed by atoms with E-state index in [1.54, 1.807) is 0 Å². The zero-order valence-corrected chi connectivity index (χ0v) is 17.7. The molecule has 1 fully saturated rings. The fourth-order valence-corrected chi connectivity index (χ4v) is 5.30. The van der Waals surface area contributed by atoms with Gasteiger partial charge in [0.15, 0.2) is 11.6 Å². The quantitative estimate of drug-likeness (QED) is 0.491. The number of phenols is 1. The molecular formula is C22H21F3N2O6. The van der Waals surface area contributed by atoms with Crippen LogP contribution in [0.2, 0.25) is 0 Å². The summed E-state index contributed by atoms with van der Waals surface area (Å²) in [5.41, 5.74) is 2.75. The van der Waals surface area contributed by atoms with E-state index < -0.39 is 75.4 Å². The summed E-state index contributed by atoms with van der Waals surface area (Å²) in [5.74, 6) is -8.14. The Kier molecular flexibility index (Phi) is 4.99. The molecule has 0 radical (unpaired) electrons. The summed E-state index contributed by atoms with van der Waals surface area (Å²) < 4.78 is 40.7. The Morgan fingerprint density at radius 2 is 1.79 bits per heavy atom. The lowest BCUT2D eigenvalue weighted by atomic mass is 9.61. The van der Waals surface area contributed by atoms with Crippen molar-refractivity contribution < 1.29 is 42.9 Å². The average molecular weight is 466 g/mol. The minimum absolute atomic E-state index is 0.0320. The number of Topliss-reactive ketones (excluding diaryl/α,β-unsaturated/α-hetero) is 2. The Morgan fingerprint density at radius 3 is 2.33 bits per heavy atom. The predicted molar refractivity (Wildman–Crippen MR) is 109 cm³/mol. The van der Waals surface area contributed by atoms with Crippen molar-refractivity contribution in [3.63, 3.8) is 0 Å². The summed E-state index contributed by atoms with van der Waals surface area (Å²) >= 11 is 0. The second-order valence-electron chi connectivity index (χ2n) is 8.79. The number of anilines is 1. The van der Waals surface area contributed by atoms with Crippen molar-refractivity contribution in [1.29, 1.82) is 0 Å². The number of carbonyl (C=O) groups excluding carboxylic acids is 3. The summed E-state index contributed by atoms with van der Waals surface area (Å²) in [6.07, 6.45) is -4.95. The molecule has 11 heteroatoms. The van der Waals surface area contributed by atoms with Crippen LogP contribution in [0.1, 0.15) is 29.5 Å². The van der Waals surface area contributed by atoms with Crippen molar-refractivity contribution in [2.75, 3.05) is 19.0 Å². The summed E-state index contributed by atoms with van der Waals surface area (Å²) in [5, 5.41) is 31.9. The van der Waals surface area contributed by atoms with Gasteiger partial charge in [0.25, 0.3) is 5.91 Å². The highest BCUT2D eigenvalue weighted by Crippen LogP contribution is 2.53. The maximum absolute atomic E-state index is 13.6. The second-order valence-corrected chi connectivity index (χ2v) is 8.79. The molecule has 3 atom stereocenters. The molecule has 1 amide bonds. The highest BCUT2D eigenvalue weighted by Gasteiger charge is 2.51. The van der Waals surface area contributed by atoms with Gasteiger partial charge in [-0.05, 0) is 36.3 Å². The molecule has 8 nitrogen and oxygen atoms in total. The minimum Gasteiger partial charge on any atom is -0.511 e. The Hall–Kier alpha value is -3.50. The Morgan fingerprint density at radius 1 is 1.15 bits per heavy atom. The molecule has 1 saturated carbocycles. The number of hydrogen-bond acceptors (Lipinski definition) is 7. The van der Waals surface area contributed by atoms with E-state index in [2.05, 4.69) is 0 Å². The first-order valence-corrected chi connectivity index (χ1v) is 10.1. The predicted octanol–water partition coefficient (Wildman–Crippen LogP) is 2.39. The molecule has 0 aromatic heterocycles. The summed E-state index contributed by atoms with van der Waals surface area (Å²) in [7, 11) is 3.03. The summed E-state index contributed by atoms with van der Waals surface area (Å²) in [6, 6.07) is 0.789. The van der Waals surface area contributed by atoms with Crippen molar-refractivity contribution in [2.24, 2.45) is 23.5 Å². The molecular weight excluding hydrogens is 445 g/mol. The standard InChI is InChI=1S/C22H21F3N2O6/c1-27(2)11-6-10(22(23,24)25)17(29)15-9(11)4-7-3-8-5-12(28)16(21(26)33)20(32)14(8)18(30)13(7)19(15)31/h6-8,14,29,31-32H,3-5H2,1-2H3,(H2,26,33)/t7-,8+,14?/m1/s1. The number of nitrogens with zero attached hydrogens (tertiary/aromatic N) is 1. The number of rotatable bonds is 2. The fraction of sp³-hybridized carbons (Fsp3) is 0.409. The van der Waals surface area contributed by atoms with E-state index in [1.807, 2.05) is 0 Å². The third-order valence-corrected chi connectivity index (χ3v) is 6.65. The van der Waals surface area contributed by atoms with Crippen molar-refractivity contribution in [3.05, 3.63) is 39.7 Å². The second kappa shape index (κ2) is 7.26. The first kappa shape index (κ1) is 22.7. The van der Waals surface area contributed by atoms with Crippen molar-refractivity contribution in [2.45, 2.75) is 25.4 Å². The average Bonchev–Trinajstić information content (AvgIpc) is 2.65. The first-order chi connectivity index (χ1) is 15.3. The number of phenolic OH excluding ortho intramolecular Hbond substituents is 1. The van der Waals surface area contributed by atoms with Crippen molar-refractivity contribution in [3.8, 4) is 5.75 Å². The normalized spacial score (nSPS) is 24.9. The van der Waals surface area contributed by atoms with E-state index in [9.17, 15) is 42.9 Å². The van der Waals surface area contributed by atoms with Gasteiger partial charge in [-0.3, -0.25) is 14.4 Å². The van der Waals surface area contributed by atoms with Gasteiger partial charge in [0.05, 0.1) is 11.5 Å². The number of benzene rings is 1. The molecule has 33 heavy (non-hydrogen) atoms. The minimum atomic E-state index is -4.92. The monoisotopic (exact) mass is 466 g/mol. The van der Waals surface area contributed by atoms with Gasteiger partial charge in [-0.2, -0.15) is 13.2 Å². The number of nitrogens with two attached hydrogens (primary N) is 1. The van der Waals surface area contributed by atoms with Crippen LogP contribution in [-0.4, -0.2) is 46.9 Å². The molecule has 3 aliphatic rings. The number of hydrogen-bond donors (Lipinski definition) is 4. The molecule has 0 aliphatic heterocycles. The highest BCUT2D eigenvalue weighted by atomic mass is 19.4. The van der Waals surface area contributed by atoms with Gasteiger partial charge in [0.2, 0.25) is 0 Å². The molecule has 0 spiro atoms. The van der Waals surface area contributed by atoms with Crippen molar-refractivity contribution >= 4 is 28.9 Å². The molecule has 0 heterocycles. The highest BCUT2D eigenvalue weighted by molar-refractivity contribution is 6.21. The third kappa shape index (κ3) is 3.25. The smallest absolute Gasteiger partial charge is 0.420 e. The number of halogens is 3. The first-order valence-electron chi connectivity index (χ1n) is 10.1. The number of carbonyl (C=O) groups is 3. The molecule has 0 bridgehead atoms. The fourth-order valence-electron chi connectivity index (χ4n) is 5.30. The van der Waals surface area contributed by atoms with Crippen LogP contribution < -0.4 is 10.6 Å². The van der Waals surface area contributed by atoms with E-state index in [0.717, 1.165) is 6.07 Å². The van der Waals surface area contributed by atoms with Crippen LogP contribution in [0.25, 0.3) is 5.76 Å². The van der Waals surface area contributed by atoms with Crippen LogP contribution in [0.3, 0.4) is 0 Å².